The van der Waals surface area contributed by atoms with E-state index in [1.165, 1.54) is 6.07 Å². The highest BCUT2D eigenvalue weighted by atomic mass is 19.1. The molecule has 0 saturated carbocycles. The molecule has 4 nitrogen and oxygen atoms in total. The number of fused-ring (bicyclic) bond motifs is 1. The van der Waals surface area contributed by atoms with Gasteiger partial charge in [0, 0.05) is 22.7 Å². The van der Waals surface area contributed by atoms with Gasteiger partial charge >= 0.3 is 5.97 Å². The fraction of sp³-hybridized carbons (Fsp3) is 0.250. The molecule has 0 amide bonds. The van der Waals surface area contributed by atoms with E-state index in [2.05, 4.69) is 4.98 Å². The molecule has 0 bridgehead atoms. The molecule has 0 radical (unpaired) electrons. The van der Waals surface area contributed by atoms with Crippen molar-refractivity contribution in [2.75, 3.05) is 6.61 Å². The van der Waals surface area contributed by atoms with Crippen LogP contribution in [-0.4, -0.2) is 22.7 Å². The number of hydrogen-bond donors (Lipinski definition) is 2. The lowest BCUT2D eigenvalue weighted by molar-refractivity contribution is 0.0528. The molecule has 17 heavy (non-hydrogen) atoms. The third-order valence-corrected chi connectivity index (χ3v) is 2.53. The van der Waals surface area contributed by atoms with Crippen LogP contribution in [0.3, 0.4) is 0 Å². The summed E-state index contributed by atoms with van der Waals surface area (Å²) in [4.78, 5) is 14.6. The van der Waals surface area contributed by atoms with Crippen LogP contribution in [0.25, 0.3) is 10.9 Å². The fourth-order valence-corrected chi connectivity index (χ4v) is 1.80. The van der Waals surface area contributed by atoms with Crippen LogP contribution in [-0.2, 0) is 4.74 Å². The quantitative estimate of drug-likeness (QED) is 0.789. The van der Waals surface area contributed by atoms with E-state index in [1.807, 2.05) is 0 Å². The van der Waals surface area contributed by atoms with Crippen LogP contribution in [0.1, 0.15) is 23.0 Å². The molecular weight excluding hydrogens is 225 g/mol. The number of phenolic OH excluding ortho intramolecular Hbond substituents is 1. The van der Waals surface area contributed by atoms with Gasteiger partial charge in [-0.25, -0.2) is 9.18 Å². The van der Waals surface area contributed by atoms with Crippen molar-refractivity contribution in [1.82, 2.24) is 4.98 Å². The summed E-state index contributed by atoms with van der Waals surface area (Å²) >= 11 is 0. The number of H-pyrrole nitrogens is 1. The summed E-state index contributed by atoms with van der Waals surface area (Å²) in [6.45, 7) is 3.67. The van der Waals surface area contributed by atoms with Crippen LogP contribution >= 0.6 is 0 Å². The third kappa shape index (κ3) is 1.84. The molecule has 0 saturated heterocycles. The lowest BCUT2D eigenvalue weighted by Gasteiger charge is -2.01. The number of halogens is 1. The van der Waals surface area contributed by atoms with Crippen molar-refractivity contribution in [3.8, 4) is 5.75 Å². The van der Waals surface area contributed by atoms with Gasteiger partial charge in [0.2, 0.25) is 0 Å². The maximum atomic E-state index is 13.2. The number of aromatic nitrogens is 1. The predicted octanol–water partition coefficient (Wildman–Crippen LogP) is 2.50. The number of hydrogen-bond acceptors (Lipinski definition) is 3. The Morgan fingerprint density at radius 2 is 2.24 bits per heavy atom. The zero-order valence-corrected chi connectivity index (χ0v) is 9.50. The Hall–Kier alpha value is -2.04. The summed E-state index contributed by atoms with van der Waals surface area (Å²) in [6.07, 6.45) is 0. The molecule has 0 aliphatic rings. The number of aromatic amines is 1. The van der Waals surface area contributed by atoms with Gasteiger partial charge in [-0.05, 0) is 19.9 Å². The van der Waals surface area contributed by atoms with Crippen molar-refractivity contribution in [3.05, 3.63) is 29.2 Å². The number of ether oxygens (including phenoxy) is 1. The molecule has 90 valence electrons. The molecule has 0 fully saturated rings. The lowest BCUT2D eigenvalue weighted by atomic mass is 10.1. The van der Waals surface area contributed by atoms with E-state index >= 15 is 0 Å². The summed E-state index contributed by atoms with van der Waals surface area (Å²) in [5.41, 5.74) is 1.38. The molecule has 2 N–H and O–H groups in total. The molecule has 1 aromatic heterocycles. The maximum Gasteiger partial charge on any atom is 0.340 e. The normalized spacial score (nSPS) is 10.8. The number of rotatable bonds is 2. The minimum Gasteiger partial charge on any atom is -0.505 e. The van der Waals surface area contributed by atoms with Crippen molar-refractivity contribution in [3.63, 3.8) is 0 Å². The molecule has 2 rings (SSSR count). The number of esters is 1. The molecule has 0 spiro atoms. The zero-order valence-electron chi connectivity index (χ0n) is 9.50. The molecule has 1 aromatic carbocycles. The van der Waals surface area contributed by atoms with Crippen LogP contribution < -0.4 is 0 Å². The first-order chi connectivity index (χ1) is 8.04. The molecular formula is C12H12FNO3. The Morgan fingerprint density at radius 3 is 2.88 bits per heavy atom. The first-order valence-electron chi connectivity index (χ1n) is 5.22. The Bertz CT molecular complexity index is 589. The number of nitrogens with one attached hydrogen (secondary N) is 1. The summed E-state index contributed by atoms with van der Waals surface area (Å²) < 4.78 is 18.1. The van der Waals surface area contributed by atoms with Gasteiger partial charge in [0.25, 0.3) is 0 Å². The second kappa shape index (κ2) is 4.08. The van der Waals surface area contributed by atoms with Crippen LogP contribution in [0.15, 0.2) is 12.1 Å². The van der Waals surface area contributed by atoms with Crippen LogP contribution in [0.5, 0.6) is 5.75 Å². The Morgan fingerprint density at radius 1 is 1.53 bits per heavy atom. The minimum atomic E-state index is -0.728. The number of carbonyl (C=O) groups excluding carboxylic acids is 1. The van der Waals surface area contributed by atoms with Gasteiger partial charge in [0.1, 0.15) is 0 Å². The Labute approximate surface area is 97.0 Å². The minimum absolute atomic E-state index is 0.262. The number of carbonyl (C=O) groups is 1. The molecule has 0 aliphatic carbocycles. The van der Waals surface area contributed by atoms with E-state index in [0.29, 0.717) is 22.2 Å². The summed E-state index contributed by atoms with van der Waals surface area (Å²) in [5, 5.41) is 9.78. The Kier molecular flexibility index (Phi) is 2.75. The van der Waals surface area contributed by atoms with Crippen LogP contribution in [0, 0.1) is 12.7 Å². The van der Waals surface area contributed by atoms with E-state index in [1.54, 1.807) is 13.8 Å². The van der Waals surface area contributed by atoms with E-state index in [-0.39, 0.29) is 6.61 Å². The molecule has 0 unspecified atom stereocenters. The molecule has 2 aromatic rings. The summed E-state index contributed by atoms with van der Waals surface area (Å²) in [5.74, 6) is -1.70. The van der Waals surface area contributed by atoms with Crippen molar-refractivity contribution < 1.29 is 19.0 Å². The zero-order chi connectivity index (χ0) is 12.6. The van der Waals surface area contributed by atoms with Gasteiger partial charge in [0.15, 0.2) is 11.6 Å². The van der Waals surface area contributed by atoms with Crippen LogP contribution in [0.4, 0.5) is 4.39 Å². The molecule has 0 aliphatic heterocycles. The fourth-order valence-electron chi connectivity index (χ4n) is 1.80. The average Bonchev–Trinajstić information content (AvgIpc) is 2.55. The average molecular weight is 237 g/mol. The van der Waals surface area contributed by atoms with Gasteiger partial charge < -0.3 is 14.8 Å². The standard InChI is InChI=1S/C12H12FNO3/c1-3-17-12(16)11-6(2)14-9-5-8(13)10(15)4-7(9)11/h4-5,14-15H,3H2,1-2H3. The van der Waals surface area contributed by atoms with E-state index < -0.39 is 17.5 Å². The molecule has 0 atom stereocenters. The topological polar surface area (TPSA) is 62.3 Å². The SMILES string of the molecule is CCOC(=O)c1c(C)[nH]c2cc(F)c(O)cc12. The maximum absolute atomic E-state index is 13.2. The van der Waals surface area contributed by atoms with Crippen molar-refractivity contribution in [2.24, 2.45) is 0 Å². The highest BCUT2D eigenvalue weighted by Gasteiger charge is 2.18. The smallest absolute Gasteiger partial charge is 0.340 e. The number of benzene rings is 1. The van der Waals surface area contributed by atoms with Gasteiger partial charge in [-0.2, -0.15) is 0 Å². The summed E-state index contributed by atoms with van der Waals surface area (Å²) in [6, 6.07) is 2.38. The molecule has 5 heteroatoms. The van der Waals surface area contributed by atoms with Gasteiger partial charge in [-0.3, -0.25) is 0 Å². The number of aryl methyl sites for hydroxylation is 1. The monoisotopic (exact) mass is 237 g/mol. The number of aromatic hydroxyl groups is 1. The highest BCUT2D eigenvalue weighted by Crippen LogP contribution is 2.28. The predicted molar refractivity (Wildman–Crippen MR) is 60.6 cm³/mol. The van der Waals surface area contributed by atoms with Gasteiger partial charge in [0.05, 0.1) is 12.2 Å². The van der Waals surface area contributed by atoms with Crippen molar-refractivity contribution in [2.45, 2.75) is 13.8 Å². The van der Waals surface area contributed by atoms with Crippen molar-refractivity contribution >= 4 is 16.9 Å². The van der Waals surface area contributed by atoms with E-state index in [4.69, 9.17) is 4.74 Å². The second-order valence-electron chi connectivity index (χ2n) is 3.69. The first kappa shape index (κ1) is 11.4. The number of phenols is 1. The highest BCUT2D eigenvalue weighted by molar-refractivity contribution is 6.05. The lowest BCUT2D eigenvalue weighted by Crippen LogP contribution is -2.05. The van der Waals surface area contributed by atoms with Crippen LogP contribution in [0.2, 0.25) is 0 Å². The van der Waals surface area contributed by atoms with Crippen molar-refractivity contribution in [1.29, 1.82) is 0 Å². The largest absolute Gasteiger partial charge is 0.505 e. The third-order valence-electron chi connectivity index (χ3n) is 2.53. The van der Waals surface area contributed by atoms with E-state index in [9.17, 15) is 14.3 Å². The van der Waals surface area contributed by atoms with E-state index in [0.717, 1.165) is 6.07 Å². The second-order valence-corrected chi connectivity index (χ2v) is 3.69. The molecule has 1 heterocycles. The Balaban J connectivity index is 2.66. The first-order valence-corrected chi connectivity index (χ1v) is 5.22. The summed E-state index contributed by atoms with van der Waals surface area (Å²) in [7, 11) is 0. The van der Waals surface area contributed by atoms with Gasteiger partial charge in [-0.15, -0.1) is 0 Å². The van der Waals surface area contributed by atoms with Gasteiger partial charge in [-0.1, -0.05) is 0 Å².